The minimum atomic E-state index is 0.484. The first-order chi connectivity index (χ1) is 16.3. The van der Waals surface area contributed by atoms with Gasteiger partial charge in [-0.15, -0.1) is 0 Å². The fourth-order valence-corrected chi connectivity index (χ4v) is 3.42. The summed E-state index contributed by atoms with van der Waals surface area (Å²) >= 11 is 0. The SMILES string of the molecule is COc1ccc(OCCCCCCCCCCCCN=C(NC#N)Nc2ccncc2)cc1. The first-order valence-corrected chi connectivity index (χ1v) is 12.0. The van der Waals surface area contributed by atoms with E-state index in [2.05, 4.69) is 20.6 Å². The van der Waals surface area contributed by atoms with E-state index in [4.69, 9.17) is 14.7 Å². The number of ether oxygens (including phenoxy) is 2. The maximum Gasteiger partial charge on any atom is 0.209 e. The summed E-state index contributed by atoms with van der Waals surface area (Å²) < 4.78 is 10.9. The fraction of sp³-hybridized carbons (Fsp3) is 0.500. The summed E-state index contributed by atoms with van der Waals surface area (Å²) in [5.74, 6) is 2.24. The number of nitrogens with one attached hydrogen (secondary N) is 2. The van der Waals surface area contributed by atoms with E-state index >= 15 is 0 Å². The molecule has 1 heterocycles. The Labute approximate surface area is 198 Å². The maximum atomic E-state index is 8.88. The monoisotopic (exact) mass is 451 g/mol. The Morgan fingerprint density at radius 1 is 0.848 bits per heavy atom. The second-order valence-electron chi connectivity index (χ2n) is 7.89. The molecule has 0 saturated heterocycles. The van der Waals surface area contributed by atoms with Crippen molar-refractivity contribution in [3.63, 3.8) is 0 Å². The topological polar surface area (TPSA) is 91.6 Å². The van der Waals surface area contributed by atoms with E-state index in [0.29, 0.717) is 12.5 Å². The van der Waals surface area contributed by atoms with Crippen molar-refractivity contribution < 1.29 is 9.47 Å². The highest BCUT2D eigenvalue weighted by Crippen LogP contribution is 2.17. The van der Waals surface area contributed by atoms with Crippen LogP contribution in [0.25, 0.3) is 0 Å². The molecule has 0 bridgehead atoms. The molecule has 1 aromatic heterocycles. The molecule has 2 N–H and O–H groups in total. The second-order valence-corrected chi connectivity index (χ2v) is 7.89. The summed E-state index contributed by atoms with van der Waals surface area (Å²) in [5, 5.41) is 14.6. The Balaban J connectivity index is 1.39. The number of guanidine groups is 1. The van der Waals surface area contributed by atoms with Gasteiger partial charge in [-0.1, -0.05) is 51.4 Å². The number of hydrogen-bond donors (Lipinski definition) is 2. The van der Waals surface area contributed by atoms with Crippen molar-refractivity contribution in [1.82, 2.24) is 10.3 Å². The number of aliphatic imine (C=N–C) groups is 1. The van der Waals surface area contributed by atoms with E-state index in [1.807, 2.05) is 42.6 Å². The lowest BCUT2D eigenvalue weighted by Crippen LogP contribution is -2.27. The van der Waals surface area contributed by atoms with Crippen molar-refractivity contribution in [2.75, 3.05) is 25.6 Å². The average molecular weight is 452 g/mol. The van der Waals surface area contributed by atoms with Crippen LogP contribution in [0.5, 0.6) is 11.5 Å². The molecule has 0 radical (unpaired) electrons. The molecule has 33 heavy (non-hydrogen) atoms. The zero-order valence-electron chi connectivity index (χ0n) is 19.8. The Morgan fingerprint density at radius 3 is 2.03 bits per heavy atom. The lowest BCUT2D eigenvalue weighted by Gasteiger charge is -2.07. The number of rotatable bonds is 16. The number of nitriles is 1. The molecule has 7 nitrogen and oxygen atoms in total. The van der Waals surface area contributed by atoms with Gasteiger partial charge in [-0.25, -0.2) is 0 Å². The molecule has 0 unspecified atom stereocenters. The van der Waals surface area contributed by atoms with Gasteiger partial charge in [0.2, 0.25) is 5.96 Å². The van der Waals surface area contributed by atoms with Crippen molar-refractivity contribution in [1.29, 1.82) is 5.26 Å². The van der Waals surface area contributed by atoms with Gasteiger partial charge < -0.3 is 14.8 Å². The van der Waals surface area contributed by atoms with Crippen LogP contribution in [0.4, 0.5) is 5.69 Å². The minimum Gasteiger partial charge on any atom is -0.497 e. The minimum absolute atomic E-state index is 0.484. The van der Waals surface area contributed by atoms with E-state index in [1.165, 1.54) is 51.4 Å². The third-order valence-electron chi connectivity index (χ3n) is 5.27. The molecular formula is C26H37N5O2. The first kappa shape index (κ1) is 26.0. The van der Waals surface area contributed by atoms with Gasteiger partial charge in [0.15, 0.2) is 6.19 Å². The Kier molecular flexibility index (Phi) is 13.6. The van der Waals surface area contributed by atoms with Gasteiger partial charge in [0.25, 0.3) is 0 Å². The van der Waals surface area contributed by atoms with Gasteiger partial charge in [-0.05, 0) is 49.2 Å². The highest BCUT2D eigenvalue weighted by Gasteiger charge is 1.99. The molecular weight excluding hydrogens is 414 g/mol. The number of aromatic nitrogens is 1. The van der Waals surface area contributed by atoms with Gasteiger partial charge in [0.05, 0.1) is 13.7 Å². The predicted octanol–water partition coefficient (Wildman–Crippen LogP) is 5.91. The quantitative estimate of drug-likeness (QED) is 0.108. The van der Waals surface area contributed by atoms with E-state index < -0.39 is 0 Å². The number of benzene rings is 1. The van der Waals surface area contributed by atoms with Crippen molar-refractivity contribution in [2.24, 2.45) is 4.99 Å². The molecule has 0 atom stereocenters. The molecule has 178 valence electrons. The number of methoxy groups -OCH3 is 1. The van der Waals surface area contributed by atoms with Crippen LogP contribution in [0.15, 0.2) is 53.8 Å². The normalized spacial score (nSPS) is 11.0. The lowest BCUT2D eigenvalue weighted by atomic mass is 10.1. The third kappa shape index (κ3) is 12.4. The Morgan fingerprint density at radius 2 is 1.42 bits per heavy atom. The largest absolute Gasteiger partial charge is 0.497 e. The number of pyridine rings is 1. The van der Waals surface area contributed by atoms with Gasteiger partial charge in [0.1, 0.15) is 11.5 Å². The molecule has 2 aromatic rings. The number of nitrogens with zero attached hydrogens (tertiary/aromatic N) is 3. The van der Waals surface area contributed by atoms with E-state index in [0.717, 1.165) is 36.6 Å². The molecule has 0 aliphatic carbocycles. The molecule has 1 aromatic carbocycles. The molecule has 2 rings (SSSR count). The zero-order valence-corrected chi connectivity index (χ0v) is 19.8. The second kappa shape index (κ2) is 17.3. The van der Waals surface area contributed by atoms with Crippen LogP contribution < -0.4 is 20.1 Å². The smallest absolute Gasteiger partial charge is 0.209 e. The summed E-state index contributed by atoms with van der Waals surface area (Å²) in [5.41, 5.74) is 0.858. The highest BCUT2D eigenvalue weighted by molar-refractivity contribution is 5.94. The fourth-order valence-electron chi connectivity index (χ4n) is 3.42. The number of unbranched alkanes of at least 4 members (excludes halogenated alkanes) is 9. The predicted molar refractivity (Wildman–Crippen MR) is 134 cm³/mol. The summed E-state index contributed by atoms with van der Waals surface area (Å²) in [7, 11) is 1.67. The molecule has 0 spiro atoms. The Bertz CT molecular complexity index is 819. The van der Waals surface area contributed by atoms with Crippen LogP contribution in [0.3, 0.4) is 0 Å². The number of anilines is 1. The van der Waals surface area contributed by atoms with Gasteiger partial charge >= 0.3 is 0 Å². The van der Waals surface area contributed by atoms with Crippen LogP contribution >= 0.6 is 0 Å². The van der Waals surface area contributed by atoms with Crippen LogP contribution in [0, 0.1) is 11.5 Å². The first-order valence-electron chi connectivity index (χ1n) is 12.0. The maximum absolute atomic E-state index is 8.88. The molecule has 0 aliphatic rings. The van der Waals surface area contributed by atoms with Crippen LogP contribution in [0.2, 0.25) is 0 Å². The Hall–Kier alpha value is -3.27. The highest BCUT2D eigenvalue weighted by atomic mass is 16.5. The standard InChI is InChI=1S/C26H37N5O2/c1-32-24-12-14-25(15-13-24)33-21-11-9-7-5-3-2-4-6-8-10-18-29-26(30-22-27)31-23-16-19-28-20-17-23/h12-17,19-20H,2-11,18,21H2,1H3,(H2,28,29,30,31). The lowest BCUT2D eigenvalue weighted by molar-refractivity contribution is 0.303. The molecule has 7 heteroatoms. The molecule has 0 amide bonds. The van der Waals surface area contributed by atoms with Gasteiger partial charge in [-0.3, -0.25) is 15.3 Å². The van der Waals surface area contributed by atoms with E-state index in [1.54, 1.807) is 19.5 Å². The summed E-state index contributed by atoms with van der Waals surface area (Å²) in [4.78, 5) is 8.43. The zero-order chi connectivity index (χ0) is 23.4. The average Bonchev–Trinajstić information content (AvgIpc) is 2.85. The molecule has 0 fully saturated rings. The summed E-state index contributed by atoms with van der Waals surface area (Å²) in [6.07, 6.45) is 17.6. The van der Waals surface area contributed by atoms with Gasteiger partial charge in [0, 0.05) is 24.6 Å². The van der Waals surface area contributed by atoms with Crippen molar-refractivity contribution in [2.45, 2.75) is 64.2 Å². The van der Waals surface area contributed by atoms with Crippen LogP contribution in [0.1, 0.15) is 64.2 Å². The third-order valence-corrected chi connectivity index (χ3v) is 5.27. The molecule has 0 saturated carbocycles. The summed E-state index contributed by atoms with van der Waals surface area (Å²) in [6, 6.07) is 11.4. The van der Waals surface area contributed by atoms with Crippen molar-refractivity contribution >= 4 is 11.6 Å². The van der Waals surface area contributed by atoms with Crippen molar-refractivity contribution in [3.05, 3.63) is 48.8 Å². The van der Waals surface area contributed by atoms with Crippen LogP contribution in [-0.4, -0.2) is 31.2 Å². The van der Waals surface area contributed by atoms with E-state index in [9.17, 15) is 0 Å². The van der Waals surface area contributed by atoms with E-state index in [-0.39, 0.29) is 0 Å². The number of hydrogen-bond acceptors (Lipinski definition) is 5. The summed E-state index contributed by atoms with van der Waals surface area (Å²) in [6.45, 7) is 1.49. The van der Waals surface area contributed by atoms with Gasteiger partial charge in [-0.2, -0.15) is 5.26 Å². The van der Waals surface area contributed by atoms with Crippen molar-refractivity contribution in [3.8, 4) is 17.7 Å². The molecule has 0 aliphatic heterocycles. The van der Waals surface area contributed by atoms with Crippen LogP contribution in [-0.2, 0) is 0 Å².